The van der Waals surface area contributed by atoms with Crippen LogP contribution in [0.25, 0.3) is 44.6 Å². The quantitative estimate of drug-likeness (QED) is 0.0406. The number of para-hydroxylation sites is 2. The number of thiazole rings is 2. The number of nitrogens with one attached hydrogen (secondary N) is 9. The van der Waals surface area contributed by atoms with Crippen LogP contribution < -0.4 is 65.6 Å². The van der Waals surface area contributed by atoms with Crippen LogP contribution in [0.3, 0.4) is 0 Å². The summed E-state index contributed by atoms with van der Waals surface area (Å²) in [4.78, 5) is 115. The van der Waals surface area contributed by atoms with Gasteiger partial charge in [0, 0.05) is 102 Å². The molecule has 8 atom stereocenters. The van der Waals surface area contributed by atoms with E-state index in [-0.39, 0.29) is 96.1 Å². The lowest BCUT2D eigenvalue weighted by Crippen LogP contribution is -2.56. The molecule has 4 aliphatic heterocycles. The summed E-state index contributed by atoms with van der Waals surface area (Å²) < 4.78 is 88.9. The van der Waals surface area contributed by atoms with Crippen LogP contribution in [0.5, 0.6) is 23.0 Å². The highest BCUT2D eigenvalue weighted by Gasteiger charge is 2.63. The number of anilines is 4. The third kappa shape index (κ3) is 19.9. The van der Waals surface area contributed by atoms with Crippen LogP contribution in [0.4, 0.5) is 26.4 Å². The molecule has 0 radical (unpaired) electrons. The number of carbonyl (C=O) groups excluding carboxylic acids is 7. The van der Waals surface area contributed by atoms with Crippen molar-refractivity contribution in [3.63, 3.8) is 0 Å². The van der Waals surface area contributed by atoms with Crippen LogP contribution in [0.2, 0.25) is 0 Å². The van der Waals surface area contributed by atoms with Crippen molar-refractivity contribution in [2.45, 2.75) is 188 Å². The number of benzene rings is 4. The predicted molar refractivity (Wildman–Crippen MR) is 444 cm³/mol. The number of allylic oxidation sites excluding steroid dienone is 2. The van der Waals surface area contributed by atoms with Gasteiger partial charge in [0.1, 0.15) is 79.1 Å². The predicted octanol–water partition coefficient (Wildman–Crippen LogP) is 11.6. The highest BCUT2D eigenvalue weighted by atomic mass is 35.5. The van der Waals surface area contributed by atoms with Crippen LogP contribution in [-0.2, 0) is 53.6 Å². The Kier molecular flexibility index (Phi) is 26.0. The van der Waals surface area contributed by atoms with Crippen LogP contribution in [0, 0.1) is 11.8 Å². The van der Waals surface area contributed by atoms with Crippen molar-refractivity contribution in [2.24, 2.45) is 11.8 Å². The van der Waals surface area contributed by atoms with Crippen molar-refractivity contribution in [1.29, 1.82) is 0 Å². The minimum atomic E-state index is -4.52. The lowest BCUT2D eigenvalue weighted by molar-refractivity contribution is -0.131. The van der Waals surface area contributed by atoms with E-state index in [1.54, 1.807) is 71.4 Å². The molecule has 0 unspecified atom stereocenters. The summed E-state index contributed by atoms with van der Waals surface area (Å²) in [5, 5.41) is 27.7. The molecular weight excluding hydrogens is 1590 g/mol. The van der Waals surface area contributed by atoms with E-state index in [0.717, 1.165) is 22.1 Å². The fraction of sp³-hybridized carbons (Fsp3) is 0.420. The molecule has 35 heteroatoms. The van der Waals surface area contributed by atoms with Gasteiger partial charge in [-0.1, -0.05) is 48.6 Å². The molecule has 4 aromatic carbocycles. The Bertz CT molecular complexity index is 5370. The summed E-state index contributed by atoms with van der Waals surface area (Å²) in [5.41, 5.74) is -0.173. The van der Waals surface area contributed by atoms with Gasteiger partial charge in [0.25, 0.3) is 31.9 Å². The zero-order chi connectivity index (χ0) is 81.7. The number of ether oxygens (including phenoxy) is 5. The highest BCUT2D eigenvalue weighted by Crippen LogP contribution is 2.48. The first-order valence-corrected chi connectivity index (χ1v) is 43.0. The first kappa shape index (κ1) is 84.9. The van der Waals surface area contributed by atoms with Crippen molar-refractivity contribution in [3.05, 3.63) is 132 Å². The molecule has 8 heterocycles. The fourth-order valence-corrected chi connectivity index (χ4v) is 18.3. The first-order valence-electron chi connectivity index (χ1n) is 38.3. The minimum absolute atomic E-state index is 0. The van der Waals surface area contributed by atoms with Gasteiger partial charge in [-0.25, -0.2) is 51.0 Å². The largest absolute Gasteiger partial charge is 0.497 e. The number of nitrogens with zero attached hydrogens (tertiary/aromatic N) is 5. The lowest BCUT2D eigenvalue weighted by atomic mass is 10.1. The van der Waals surface area contributed by atoms with Crippen molar-refractivity contribution in [1.82, 2.24) is 50.2 Å². The average molecular weight is 1680 g/mol. The van der Waals surface area contributed by atoms with Crippen LogP contribution >= 0.6 is 35.1 Å². The number of hydrogen-bond donors (Lipinski definition) is 9. The fourth-order valence-electron chi connectivity index (χ4n) is 14.2. The summed E-state index contributed by atoms with van der Waals surface area (Å²) in [6.07, 6.45) is 10.5. The lowest BCUT2D eigenvalue weighted by Gasteiger charge is -2.29. The molecule has 14 rings (SSSR count). The molecule has 4 fully saturated rings. The maximum atomic E-state index is 14.5. The molecule has 2 saturated heterocycles. The monoisotopic (exact) mass is 1680 g/mol. The molecule has 2 saturated carbocycles. The number of pyridine rings is 2. The molecule has 6 aliphatic rings. The number of carbonyl (C=O) groups is 7. The molecule has 0 spiro atoms. The zero-order valence-corrected chi connectivity index (χ0v) is 69.6. The summed E-state index contributed by atoms with van der Waals surface area (Å²) in [6, 6.07) is 24.8. The molecule has 116 heavy (non-hydrogen) atoms. The van der Waals surface area contributed by atoms with E-state index >= 15 is 0 Å². The molecule has 0 bridgehead atoms. The minimum Gasteiger partial charge on any atom is -0.497 e. The Morgan fingerprint density at radius 3 is 1.52 bits per heavy atom. The number of amides is 7. The number of rotatable bonds is 16. The van der Waals surface area contributed by atoms with Crippen LogP contribution in [0.15, 0.2) is 142 Å². The molecule has 2 aliphatic carbocycles. The van der Waals surface area contributed by atoms with Crippen molar-refractivity contribution in [2.75, 3.05) is 48.6 Å². The smallest absolute Gasteiger partial charge is 0.411 e. The van der Waals surface area contributed by atoms with Gasteiger partial charge in [0.05, 0.1) is 60.6 Å². The Labute approximate surface area is 686 Å². The molecule has 4 aromatic heterocycles. The van der Waals surface area contributed by atoms with Gasteiger partial charge in [-0.05, 0) is 148 Å². The van der Waals surface area contributed by atoms with E-state index in [1.165, 1.54) is 64.0 Å². The standard InChI is InChI=1S/C43H51N7O9S2.C38H43N7O7S2.ClH/c1-25(2)44-40-47-33(24-60-40)32-21-35(29-18-17-27(57-6)19-31(29)45-32)58-28-20-34(50(23-28)41(54)59-42(3,4)5)38(52)48-43-22-26(43)13-9-7-8-10-16-37(51)46-30-14-11-12-15-36(30)61(55,56)49-39(43)53;1-22(2)40-37-43-31(21-53-37)29-18-32(26-15-14-24(51-3)16-28(26)41-29)52-25-17-30(39-20-25)35(47)44-38-19-23(38)10-6-4-5-7-13-34(46)42-27-11-8-9-12-33(27)54(49,50)45-36(38)48;/h9,11-15,17-19,21,24-26,28,34H,7-8,10,16,20,22-23H2,1-6H3,(H,44,47)(H,46,51)(H,48,52)(H,49,53);6,8-12,14-16,18,21-23,25,30,39H,4-5,7,13,17,19-20H2,1-3H3,(H,40,43)(H,42,46)(H,44,47)(H,45,48);1H/b13-9-;10-6-;/t26-,28-,34+,43-;23-,25-,30+,38-;/m11./s1. The van der Waals surface area contributed by atoms with E-state index < -0.39 is 103 Å². The van der Waals surface area contributed by atoms with Crippen LogP contribution in [-0.4, -0.2) is 164 Å². The van der Waals surface area contributed by atoms with Gasteiger partial charge in [-0.3, -0.25) is 33.7 Å². The van der Waals surface area contributed by atoms with Gasteiger partial charge in [-0.2, -0.15) is 0 Å². The number of halogens is 1. The third-order valence-corrected chi connectivity index (χ3v) is 24.5. The third-order valence-electron chi connectivity index (χ3n) is 20.2. The molecule has 8 aromatic rings. The molecular formula is C81H95ClN14O16S4. The van der Waals surface area contributed by atoms with Gasteiger partial charge >= 0.3 is 6.09 Å². The second-order valence-corrected chi connectivity index (χ2v) is 35.9. The maximum absolute atomic E-state index is 14.5. The van der Waals surface area contributed by atoms with E-state index in [1.807, 2.05) is 87.0 Å². The van der Waals surface area contributed by atoms with Crippen molar-refractivity contribution < 1.29 is 74.1 Å². The summed E-state index contributed by atoms with van der Waals surface area (Å²) >= 11 is 2.94. The number of likely N-dealkylation sites (tertiary alicyclic amines) is 1. The Morgan fingerprint density at radius 1 is 0.586 bits per heavy atom. The number of fused-ring (bicyclic) bond motifs is 6. The number of methoxy groups -OCH3 is 2. The van der Waals surface area contributed by atoms with Gasteiger partial charge in [-0.15, -0.1) is 35.1 Å². The normalized spacial score (nSPS) is 23.7. The SMILES string of the molecule is COc1ccc2c(O[C@@H]3C[C@@H](C(=O)N[C@]45C[C@H]4/C=C\CCCCC(=O)Nc4ccccc4S(=O)(=O)NC5=O)N(C(=O)OC(C)(C)C)C3)cc(-c3csc(NC(C)C)n3)nc2c1.COc1ccc2c(O[C@H]3CN[C@H](C(=O)N[C@]45C[C@H]4/C=C\CCCCC(=O)Nc4ccccc4S(=O)(=O)NC5=O)C3)cc(-c3csc(NC(C)C)n3)nc2c1.Cl. The molecule has 7 amide bonds. The van der Waals surface area contributed by atoms with Gasteiger partial charge < -0.3 is 60.9 Å². The van der Waals surface area contributed by atoms with Crippen molar-refractivity contribution in [3.8, 4) is 45.8 Å². The average Bonchev–Trinajstić information content (AvgIpc) is 1.58. The molecule has 616 valence electrons. The zero-order valence-electron chi connectivity index (χ0n) is 65.5. The summed E-state index contributed by atoms with van der Waals surface area (Å²) in [6.45, 7) is 13.6. The molecule has 30 nitrogen and oxygen atoms in total. The van der Waals surface area contributed by atoms with E-state index in [4.69, 9.17) is 43.6 Å². The summed E-state index contributed by atoms with van der Waals surface area (Å²) in [7, 11) is -5.78. The Hall–Kier alpha value is -10.5. The van der Waals surface area contributed by atoms with E-state index in [2.05, 4.69) is 46.7 Å². The number of aromatic nitrogens is 4. The number of sulfonamides is 2. The Morgan fingerprint density at radius 2 is 1.05 bits per heavy atom. The number of hydrogen-bond acceptors (Lipinski definition) is 25. The van der Waals surface area contributed by atoms with Gasteiger partial charge in [0.2, 0.25) is 23.6 Å². The maximum Gasteiger partial charge on any atom is 0.411 e. The summed E-state index contributed by atoms with van der Waals surface area (Å²) in [5.74, 6) is -2.27. The topological polar surface area (TPSA) is 397 Å². The van der Waals surface area contributed by atoms with Crippen molar-refractivity contribution >= 4 is 140 Å². The van der Waals surface area contributed by atoms with Crippen LogP contribution in [0.1, 0.15) is 126 Å². The second-order valence-electron chi connectivity index (χ2n) is 30.9. The van der Waals surface area contributed by atoms with Gasteiger partial charge in [0.15, 0.2) is 10.3 Å². The van der Waals surface area contributed by atoms with E-state index in [9.17, 15) is 50.4 Å². The highest BCUT2D eigenvalue weighted by molar-refractivity contribution is 7.90. The Balaban J connectivity index is 0.000000214. The van der Waals surface area contributed by atoms with E-state index in [0.29, 0.717) is 107 Å². The molecule has 9 N–H and O–H groups in total. The first-order chi connectivity index (χ1) is 54.9. The second kappa shape index (κ2) is 35.5.